The number of primary amides is 1. The van der Waals surface area contributed by atoms with Crippen molar-refractivity contribution in [1.29, 1.82) is 0 Å². The van der Waals surface area contributed by atoms with Gasteiger partial charge in [-0.05, 0) is 0 Å². The maximum absolute atomic E-state index is 11.1. The number of hydrogen-bond donors (Lipinski definition) is 1. The van der Waals surface area contributed by atoms with E-state index in [0.717, 1.165) is 36.9 Å². The van der Waals surface area contributed by atoms with Crippen LogP contribution in [0.25, 0.3) is 0 Å². The Balaban J connectivity index is 1.61. The van der Waals surface area contributed by atoms with Crippen molar-refractivity contribution in [3.8, 4) is 0 Å². The van der Waals surface area contributed by atoms with Gasteiger partial charge in [0.15, 0.2) is 5.13 Å². The molecule has 122 valence electrons. The van der Waals surface area contributed by atoms with Crippen LogP contribution in [0.1, 0.15) is 16.1 Å². The van der Waals surface area contributed by atoms with Crippen LogP contribution >= 0.6 is 34.5 Å². The molecule has 2 aromatic heterocycles. The van der Waals surface area contributed by atoms with Crippen LogP contribution in [0.3, 0.4) is 0 Å². The van der Waals surface area contributed by atoms with Crippen LogP contribution in [0.5, 0.6) is 0 Å². The second kappa shape index (κ2) is 7.00. The normalized spacial score (nSPS) is 15.8. The molecule has 6 nitrogen and oxygen atoms in total. The molecule has 0 unspecified atom stereocenters. The quantitative estimate of drug-likeness (QED) is 0.891. The molecule has 0 radical (unpaired) electrons. The average molecular weight is 372 g/mol. The standard InChI is InChI=1S/C14H15Cl2N5OS/c15-10-5-18-6-11(16)9(10)7-20-1-3-21(4-2-20)14-19-12(8-23-14)13(17)22/h5-6,8H,1-4,7H2,(H2,17,22). The van der Waals surface area contributed by atoms with E-state index in [4.69, 9.17) is 28.9 Å². The average Bonchev–Trinajstić information content (AvgIpc) is 3.02. The maximum atomic E-state index is 11.1. The molecule has 0 bridgehead atoms. The van der Waals surface area contributed by atoms with Gasteiger partial charge >= 0.3 is 0 Å². The molecule has 0 atom stereocenters. The van der Waals surface area contributed by atoms with Crippen LogP contribution in [-0.4, -0.2) is 47.0 Å². The van der Waals surface area contributed by atoms with Gasteiger partial charge in [-0.2, -0.15) is 0 Å². The molecule has 23 heavy (non-hydrogen) atoms. The van der Waals surface area contributed by atoms with E-state index in [0.29, 0.717) is 22.3 Å². The summed E-state index contributed by atoms with van der Waals surface area (Å²) in [6, 6.07) is 0. The number of thiazole rings is 1. The first kappa shape index (κ1) is 16.4. The predicted octanol–water partition coefficient (Wildman–Crippen LogP) is 2.27. The first-order chi connectivity index (χ1) is 11.0. The number of piperazine rings is 1. The Morgan fingerprint density at radius 2 is 1.87 bits per heavy atom. The maximum Gasteiger partial charge on any atom is 0.268 e. The number of amides is 1. The summed E-state index contributed by atoms with van der Waals surface area (Å²) in [6.45, 7) is 4.07. The van der Waals surface area contributed by atoms with Gasteiger partial charge in [0.05, 0.1) is 10.0 Å². The van der Waals surface area contributed by atoms with Crippen LogP contribution in [0.2, 0.25) is 10.0 Å². The number of hydrogen-bond acceptors (Lipinski definition) is 6. The molecular weight excluding hydrogens is 357 g/mol. The van der Waals surface area contributed by atoms with Gasteiger partial charge in [-0.25, -0.2) is 4.98 Å². The van der Waals surface area contributed by atoms with Crippen molar-refractivity contribution >= 4 is 45.6 Å². The van der Waals surface area contributed by atoms with Crippen molar-refractivity contribution in [2.45, 2.75) is 6.54 Å². The zero-order valence-electron chi connectivity index (χ0n) is 12.2. The first-order valence-corrected chi connectivity index (χ1v) is 8.68. The Kier molecular flexibility index (Phi) is 5.01. The minimum Gasteiger partial charge on any atom is -0.364 e. The number of carbonyl (C=O) groups excluding carboxylic acids is 1. The fourth-order valence-electron chi connectivity index (χ4n) is 2.43. The van der Waals surface area contributed by atoms with Gasteiger partial charge in [0.1, 0.15) is 5.69 Å². The molecule has 1 amide bonds. The minimum atomic E-state index is -0.492. The molecule has 2 aromatic rings. The van der Waals surface area contributed by atoms with Crippen molar-refractivity contribution in [2.24, 2.45) is 5.73 Å². The number of nitrogens with zero attached hydrogens (tertiary/aromatic N) is 4. The second-order valence-electron chi connectivity index (χ2n) is 5.22. The Labute approximate surface area is 147 Å². The molecule has 1 aliphatic rings. The van der Waals surface area contributed by atoms with Crippen molar-refractivity contribution in [2.75, 3.05) is 31.1 Å². The van der Waals surface area contributed by atoms with Crippen molar-refractivity contribution in [3.63, 3.8) is 0 Å². The molecular formula is C14H15Cl2N5OS. The number of halogens is 2. The smallest absolute Gasteiger partial charge is 0.268 e. The summed E-state index contributed by atoms with van der Waals surface area (Å²) >= 11 is 13.8. The Morgan fingerprint density at radius 3 is 2.43 bits per heavy atom. The number of nitrogens with two attached hydrogens (primary N) is 1. The molecule has 0 spiro atoms. The molecule has 0 saturated carbocycles. The van der Waals surface area contributed by atoms with E-state index in [1.54, 1.807) is 17.8 Å². The zero-order chi connectivity index (χ0) is 16.4. The Hall–Kier alpha value is -1.41. The van der Waals surface area contributed by atoms with Crippen molar-refractivity contribution in [1.82, 2.24) is 14.9 Å². The van der Waals surface area contributed by atoms with Gasteiger partial charge in [-0.1, -0.05) is 23.2 Å². The van der Waals surface area contributed by atoms with Crippen molar-refractivity contribution in [3.05, 3.63) is 39.1 Å². The summed E-state index contributed by atoms with van der Waals surface area (Å²) in [4.78, 5) is 23.8. The second-order valence-corrected chi connectivity index (χ2v) is 6.88. The van der Waals surface area contributed by atoms with E-state index in [-0.39, 0.29) is 0 Å². The SMILES string of the molecule is NC(=O)c1csc(N2CCN(Cc3c(Cl)cncc3Cl)CC2)n1. The Bertz CT molecular complexity index is 695. The lowest BCUT2D eigenvalue weighted by molar-refractivity contribution is 0.0996. The summed E-state index contributed by atoms with van der Waals surface area (Å²) in [5.41, 5.74) is 6.47. The van der Waals surface area contributed by atoms with Gasteiger partial charge in [0, 0.05) is 56.1 Å². The molecule has 1 fully saturated rings. The van der Waals surface area contributed by atoms with Gasteiger partial charge in [-0.15, -0.1) is 11.3 Å². The summed E-state index contributed by atoms with van der Waals surface area (Å²) in [6.07, 6.45) is 3.22. The zero-order valence-corrected chi connectivity index (χ0v) is 14.5. The number of pyridine rings is 1. The van der Waals surface area contributed by atoms with Crippen LogP contribution in [-0.2, 0) is 6.54 Å². The van der Waals surface area contributed by atoms with Gasteiger partial charge in [0.25, 0.3) is 5.91 Å². The fraction of sp³-hybridized carbons (Fsp3) is 0.357. The van der Waals surface area contributed by atoms with E-state index in [2.05, 4.69) is 19.8 Å². The highest BCUT2D eigenvalue weighted by molar-refractivity contribution is 7.13. The molecule has 0 aromatic carbocycles. The first-order valence-electron chi connectivity index (χ1n) is 7.05. The minimum absolute atomic E-state index is 0.322. The highest BCUT2D eigenvalue weighted by atomic mass is 35.5. The molecule has 2 N–H and O–H groups in total. The predicted molar refractivity (Wildman–Crippen MR) is 92.4 cm³/mol. The third-order valence-electron chi connectivity index (χ3n) is 3.72. The molecule has 3 heterocycles. The van der Waals surface area contributed by atoms with E-state index in [1.807, 2.05) is 0 Å². The summed E-state index contributed by atoms with van der Waals surface area (Å²) < 4.78 is 0. The van der Waals surface area contributed by atoms with Gasteiger partial charge in [0.2, 0.25) is 0 Å². The van der Waals surface area contributed by atoms with Crippen LogP contribution < -0.4 is 10.6 Å². The topological polar surface area (TPSA) is 75.4 Å². The largest absolute Gasteiger partial charge is 0.364 e. The van der Waals surface area contributed by atoms with E-state index in [1.165, 1.54) is 11.3 Å². The third kappa shape index (κ3) is 3.74. The molecule has 9 heteroatoms. The van der Waals surface area contributed by atoms with E-state index < -0.39 is 5.91 Å². The highest BCUT2D eigenvalue weighted by Gasteiger charge is 2.21. The van der Waals surface area contributed by atoms with Crippen LogP contribution in [0.15, 0.2) is 17.8 Å². The van der Waals surface area contributed by atoms with Crippen LogP contribution in [0, 0.1) is 0 Å². The summed E-state index contributed by atoms with van der Waals surface area (Å²) in [5, 5.41) is 3.70. The lowest BCUT2D eigenvalue weighted by Gasteiger charge is -2.34. The summed E-state index contributed by atoms with van der Waals surface area (Å²) in [5.74, 6) is -0.492. The monoisotopic (exact) mass is 371 g/mol. The molecule has 3 rings (SSSR count). The third-order valence-corrected chi connectivity index (χ3v) is 5.27. The Morgan fingerprint density at radius 1 is 1.22 bits per heavy atom. The number of anilines is 1. The molecule has 1 saturated heterocycles. The number of carbonyl (C=O) groups is 1. The van der Waals surface area contributed by atoms with Crippen molar-refractivity contribution < 1.29 is 4.79 Å². The lowest BCUT2D eigenvalue weighted by atomic mass is 10.2. The molecule has 0 aliphatic carbocycles. The summed E-state index contributed by atoms with van der Waals surface area (Å²) in [7, 11) is 0. The van der Waals surface area contributed by atoms with Gasteiger partial charge < -0.3 is 10.6 Å². The van der Waals surface area contributed by atoms with E-state index >= 15 is 0 Å². The van der Waals surface area contributed by atoms with Gasteiger partial charge in [-0.3, -0.25) is 14.7 Å². The highest BCUT2D eigenvalue weighted by Crippen LogP contribution is 2.26. The molecule has 1 aliphatic heterocycles. The number of rotatable bonds is 4. The van der Waals surface area contributed by atoms with E-state index in [9.17, 15) is 4.79 Å². The number of aromatic nitrogens is 2. The lowest BCUT2D eigenvalue weighted by Crippen LogP contribution is -2.46. The van der Waals surface area contributed by atoms with Crippen LogP contribution in [0.4, 0.5) is 5.13 Å². The fourth-order valence-corrected chi connectivity index (χ4v) is 3.79.